The highest BCUT2D eigenvalue weighted by molar-refractivity contribution is 5.90. The largest absolute Gasteiger partial charge is 0.380 e. The monoisotopic (exact) mass is 241 g/mol. The van der Waals surface area contributed by atoms with Crippen LogP contribution in [0.1, 0.15) is 38.5 Å². The van der Waals surface area contributed by atoms with Crippen LogP contribution in [0.3, 0.4) is 0 Å². The average molecular weight is 241 g/mol. The number of benzene rings is 1. The Balaban J connectivity index is 1.85. The van der Waals surface area contributed by atoms with Gasteiger partial charge in [-0.25, -0.2) is 0 Å². The van der Waals surface area contributed by atoms with Crippen molar-refractivity contribution in [3.05, 3.63) is 30.5 Å². The van der Waals surface area contributed by atoms with Gasteiger partial charge in [0.2, 0.25) is 0 Å². The van der Waals surface area contributed by atoms with Crippen molar-refractivity contribution in [1.82, 2.24) is 10.2 Å². The Hall–Kier alpha value is -1.64. The van der Waals surface area contributed by atoms with E-state index in [2.05, 4.69) is 27.6 Å². The molecule has 0 radical (unpaired) electrons. The number of hydrogen-bond acceptors (Lipinski definition) is 3. The molecule has 1 aromatic heterocycles. The highest BCUT2D eigenvalue weighted by atomic mass is 15.1. The summed E-state index contributed by atoms with van der Waals surface area (Å²) in [6.07, 6.45) is 9.85. The zero-order valence-corrected chi connectivity index (χ0v) is 10.6. The van der Waals surface area contributed by atoms with E-state index in [0.717, 1.165) is 11.2 Å². The van der Waals surface area contributed by atoms with E-state index in [9.17, 15) is 0 Å². The van der Waals surface area contributed by atoms with Crippen LogP contribution in [-0.2, 0) is 0 Å². The Labute approximate surface area is 108 Å². The number of anilines is 1. The lowest BCUT2D eigenvalue weighted by molar-refractivity contribution is 0.620. The van der Waals surface area contributed by atoms with Gasteiger partial charge in [0.1, 0.15) is 0 Å². The van der Waals surface area contributed by atoms with Crippen molar-refractivity contribution < 1.29 is 0 Å². The minimum Gasteiger partial charge on any atom is -0.380 e. The molecule has 1 saturated carbocycles. The van der Waals surface area contributed by atoms with E-state index < -0.39 is 0 Å². The van der Waals surface area contributed by atoms with Crippen LogP contribution >= 0.6 is 0 Å². The van der Waals surface area contributed by atoms with E-state index in [1.165, 1.54) is 43.9 Å². The van der Waals surface area contributed by atoms with Crippen molar-refractivity contribution in [2.75, 3.05) is 5.32 Å². The fourth-order valence-corrected chi connectivity index (χ4v) is 2.77. The lowest BCUT2D eigenvalue weighted by Gasteiger charge is -2.18. The first-order valence-corrected chi connectivity index (χ1v) is 6.90. The molecule has 1 heterocycles. The van der Waals surface area contributed by atoms with Gasteiger partial charge in [-0.15, -0.1) is 0 Å². The Morgan fingerprint density at radius 2 is 1.78 bits per heavy atom. The quantitative estimate of drug-likeness (QED) is 0.813. The van der Waals surface area contributed by atoms with Crippen molar-refractivity contribution in [2.24, 2.45) is 0 Å². The molecule has 18 heavy (non-hydrogen) atoms. The van der Waals surface area contributed by atoms with Gasteiger partial charge in [0.05, 0.1) is 17.4 Å². The molecule has 3 heteroatoms. The normalized spacial score (nSPS) is 17.6. The summed E-state index contributed by atoms with van der Waals surface area (Å²) in [6, 6.07) is 8.79. The second-order valence-electron chi connectivity index (χ2n) is 5.11. The minimum absolute atomic E-state index is 0.597. The third-order valence-electron chi connectivity index (χ3n) is 3.76. The van der Waals surface area contributed by atoms with E-state index in [-0.39, 0.29) is 0 Å². The summed E-state index contributed by atoms with van der Waals surface area (Å²) < 4.78 is 0. The molecule has 0 amide bonds. The Morgan fingerprint density at radius 1 is 1.00 bits per heavy atom. The average Bonchev–Trinajstić information content (AvgIpc) is 2.68. The molecular formula is C15H19N3. The van der Waals surface area contributed by atoms with Crippen molar-refractivity contribution in [3.8, 4) is 0 Å². The van der Waals surface area contributed by atoms with Crippen LogP contribution in [0, 0.1) is 0 Å². The molecule has 0 atom stereocenters. The predicted molar refractivity (Wildman–Crippen MR) is 74.7 cm³/mol. The summed E-state index contributed by atoms with van der Waals surface area (Å²) in [5.74, 6) is 0. The molecule has 0 unspecified atom stereocenters. The second-order valence-corrected chi connectivity index (χ2v) is 5.11. The Kier molecular flexibility index (Phi) is 3.40. The maximum absolute atomic E-state index is 4.16. The van der Waals surface area contributed by atoms with Gasteiger partial charge in [-0.05, 0) is 18.9 Å². The maximum atomic E-state index is 4.16. The first kappa shape index (κ1) is 11.5. The summed E-state index contributed by atoms with van der Waals surface area (Å²) in [4.78, 5) is 0. The van der Waals surface area contributed by atoms with Gasteiger partial charge in [-0.3, -0.25) is 0 Å². The van der Waals surface area contributed by atoms with Crippen LogP contribution in [0.25, 0.3) is 10.9 Å². The number of aromatic nitrogens is 2. The number of nitrogens with zero attached hydrogens (tertiary/aromatic N) is 2. The van der Waals surface area contributed by atoms with E-state index >= 15 is 0 Å². The van der Waals surface area contributed by atoms with Gasteiger partial charge >= 0.3 is 0 Å². The highest BCUT2D eigenvalue weighted by Crippen LogP contribution is 2.25. The predicted octanol–water partition coefficient (Wildman–Crippen LogP) is 3.76. The molecule has 0 bridgehead atoms. The zero-order chi connectivity index (χ0) is 12.2. The fourth-order valence-electron chi connectivity index (χ4n) is 2.77. The van der Waals surface area contributed by atoms with E-state index in [1.54, 1.807) is 0 Å². The molecule has 1 aromatic carbocycles. The van der Waals surface area contributed by atoms with Gasteiger partial charge < -0.3 is 5.32 Å². The SMILES string of the molecule is c1ccc2c(NC3CCCCCC3)cnnc2c1. The number of nitrogens with one attached hydrogen (secondary N) is 1. The summed E-state index contributed by atoms with van der Waals surface area (Å²) >= 11 is 0. The van der Waals surface area contributed by atoms with E-state index in [4.69, 9.17) is 0 Å². The first-order chi connectivity index (χ1) is 8.93. The second kappa shape index (κ2) is 5.34. The third kappa shape index (κ3) is 2.45. The molecule has 1 aliphatic carbocycles. The van der Waals surface area contributed by atoms with Crippen LogP contribution in [0.2, 0.25) is 0 Å². The zero-order valence-electron chi connectivity index (χ0n) is 10.6. The molecule has 0 spiro atoms. The molecule has 2 aromatic rings. The van der Waals surface area contributed by atoms with Crippen molar-refractivity contribution in [3.63, 3.8) is 0 Å². The van der Waals surface area contributed by atoms with Crippen LogP contribution in [0.4, 0.5) is 5.69 Å². The van der Waals surface area contributed by atoms with Gasteiger partial charge in [0.15, 0.2) is 0 Å². The van der Waals surface area contributed by atoms with Gasteiger partial charge in [-0.2, -0.15) is 10.2 Å². The fraction of sp³-hybridized carbons (Fsp3) is 0.467. The molecule has 1 aliphatic rings. The van der Waals surface area contributed by atoms with Gasteiger partial charge in [0.25, 0.3) is 0 Å². The van der Waals surface area contributed by atoms with E-state index in [0.29, 0.717) is 6.04 Å². The minimum atomic E-state index is 0.597. The van der Waals surface area contributed by atoms with Gasteiger partial charge in [-0.1, -0.05) is 43.9 Å². The van der Waals surface area contributed by atoms with Crippen LogP contribution in [-0.4, -0.2) is 16.2 Å². The molecule has 0 saturated heterocycles. The number of fused-ring (bicyclic) bond motifs is 1. The summed E-state index contributed by atoms with van der Waals surface area (Å²) in [6.45, 7) is 0. The summed E-state index contributed by atoms with van der Waals surface area (Å²) in [5.41, 5.74) is 2.10. The molecule has 0 aliphatic heterocycles. The number of hydrogen-bond donors (Lipinski definition) is 1. The summed E-state index contributed by atoms with van der Waals surface area (Å²) in [7, 11) is 0. The first-order valence-electron chi connectivity index (χ1n) is 6.90. The summed E-state index contributed by atoms with van der Waals surface area (Å²) in [5, 5.41) is 13.1. The van der Waals surface area contributed by atoms with Crippen molar-refractivity contribution >= 4 is 16.6 Å². The lowest BCUT2D eigenvalue weighted by atomic mass is 10.1. The molecule has 3 nitrogen and oxygen atoms in total. The van der Waals surface area contributed by atoms with Crippen LogP contribution in [0.15, 0.2) is 30.5 Å². The maximum Gasteiger partial charge on any atom is 0.0950 e. The van der Waals surface area contributed by atoms with Crippen LogP contribution in [0.5, 0.6) is 0 Å². The van der Waals surface area contributed by atoms with Crippen LogP contribution < -0.4 is 5.32 Å². The lowest BCUT2D eigenvalue weighted by Crippen LogP contribution is -2.18. The molecule has 1 fully saturated rings. The third-order valence-corrected chi connectivity index (χ3v) is 3.76. The Morgan fingerprint density at radius 3 is 2.61 bits per heavy atom. The molecular weight excluding hydrogens is 222 g/mol. The molecule has 1 N–H and O–H groups in total. The smallest absolute Gasteiger partial charge is 0.0950 e. The van der Waals surface area contributed by atoms with E-state index in [1.807, 2.05) is 18.3 Å². The van der Waals surface area contributed by atoms with Crippen molar-refractivity contribution in [2.45, 2.75) is 44.6 Å². The van der Waals surface area contributed by atoms with Crippen molar-refractivity contribution in [1.29, 1.82) is 0 Å². The Bertz CT molecular complexity index is 511. The molecule has 94 valence electrons. The number of rotatable bonds is 2. The highest BCUT2D eigenvalue weighted by Gasteiger charge is 2.13. The van der Waals surface area contributed by atoms with Gasteiger partial charge in [0, 0.05) is 11.4 Å². The standard InChI is InChI=1S/C15H19N3/c1-2-4-8-12(7-3-1)17-15-11-16-18-14-10-6-5-9-13(14)15/h5-6,9-12H,1-4,7-8H2,(H,17,18). The molecule has 3 rings (SSSR count). The topological polar surface area (TPSA) is 37.8 Å².